The van der Waals surface area contributed by atoms with E-state index >= 15 is 0 Å². The summed E-state index contributed by atoms with van der Waals surface area (Å²) in [7, 11) is 0. The molecule has 3 rings (SSSR count). The average Bonchev–Trinajstić information content (AvgIpc) is 2.76. The fraction of sp³-hybridized carbons (Fsp3) is 0.500. The van der Waals surface area contributed by atoms with E-state index in [1.54, 1.807) is 12.3 Å². The lowest BCUT2D eigenvalue weighted by atomic mass is 10.1. The quantitative estimate of drug-likeness (QED) is 0.868. The van der Waals surface area contributed by atoms with E-state index in [9.17, 15) is 0 Å². The molecule has 1 saturated heterocycles. The lowest BCUT2D eigenvalue weighted by Crippen LogP contribution is -2.20. The molecular formula is C12H15N5O. The van der Waals surface area contributed by atoms with Crippen LogP contribution in [0, 0.1) is 0 Å². The van der Waals surface area contributed by atoms with E-state index in [-0.39, 0.29) is 6.04 Å². The number of rotatable bonds is 2. The molecule has 1 aliphatic rings. The highest BCUT2D eigenvalue weighted by molar-refractivity contribution is 5.46. The Kier molecular flexibility index (Phi) is 3.27. The Morgan fingerprint density at radius 2 is 2.28 bits per heavy atom. The van der Waals surface area contributed by atoms with Gasteiger partial charge < -0.3 is 9.84 Å². The SMILES string of the molecule is c1cc(-c2noc(C3CCCCCN3)n2)ncn1. The molecule has 2 aromatic rings. The zero-order chi connectivity index (χ0) is 12.2. The topological polar surface area (TPSA) is 76.7 Å². The van der Waals surface area contributed by atoms with Crippen LogP contribution in [0.15, 0.2) is 23.1 Å². The molecule has 1 unspecified atom stereocenters. The van der Waals surface area contributed by atoms with Gasteiger partial charge in [0.25, 0.3) is 0 Å². The summed E-state index contributed by atoms with van der Waals surface area (Å²) in [4.78, 5) is 12.4. The summed E-state index contributed by atoms with van der Waals surface area (Å²) in [5.41, 5.74) is 0.689. The minimum atomic E-state index is 0.176. The van der Waals surface area contributed by atoms with Crippen molar-refractivity contribution in [2.75, 3.05) is 6.54 Å². The molecule has 0 amide bonds. The van der Waals surface area contributed by atoms with Crippen LogP contribution in [0.4, 0.5) is 0 Å². The monoisotopic (exact) mass is 245 g/mol. The predicted molar refractivity (Wildman–Crippen MR) is 64.5 cm³/mol. The van der Waals surface area contributed by atoms with Crippen molar-refractivity contribution in [3.8, 4) is 11.5 Å². The highest BCUT2D eigenvalue weighted by Gasteiger charge is 2.20. The fourth-order valence-corrected chi connectivity index (χ4v) is 2.14. The second-order valence-corrected chi connectivity index (χ2v) is 4.41. The molecule has 0 aliphatic carbocycles. The van der Waals surface area contributed by atoms with Gasteiger partial charge in [-0.25, -0.2) is 9.97 Å². The van der Waals surface area contributed by atoms with E-state index in [1.807, 2.05) is 0 Å². The zero-order valence-corrected chi connectivity index (χ0v) is 10.0. The Morgan fingerprint density at radius 3 is 3.17 bits per heavy atom. The van der Waals surface area contributed by atoms with E-state index in [2.05, 4.69) is 25.4 Å². The van der Waals surface area contributed by atoms with Crippen LogP contribution in [-0.2, 0) is 0 Å². The maximum atomic E-state index is 5.33. The largest absolute Gasteiger partial charge is 0.337 e. The third kappa shape index (κ3) is 2.38. The average molecular weight is 245 g/mol. The first-order chi connectivity index (χ1) is 8.93. The van der Waals surface area contributed by atoms with Gasteiger partial charge in [-0.1, -0.05) is 18.0 Å². The molecule has 0 aromatic carbocycles. The number of hydrogen-bond acceptors (Lipinski definition) is 6. The van der Waals surface area contributed by atoms with Gasteiger partial charge in [0.15, 0.2) is 0 Å². The van der Waals surface area contributed by atoms with Crippen LogP contribution in [-0.4, -0.2) is 26.7 Å². The highest BCUT2D eigenvalue weighted by atomic mass is 16.5. The zero-order valence-electron chi connectivity index (χ0n) is 10.0. The summed E-state index contributed by atoms with van der Waals surface area (Å²) in [6, 6.07) is 1.95. The van der Waals surface area contributed by atoms with Crippen LogP contribution in [0.1, 0.15) is 37.6 Å². The van der Waals surface area contributed by atoms with Crippen molar-refractivity contribution in [2.24, 2.45) is 0 Å². The van der Waals surface area contributed by atoms with Gasteiger partial charge in [0.1, 0.15) is 12.0 Å². The van der Waals surface area contributed by atoms with Crippen molar-refractivity contribution in [1.29, 1.82) is 0 Å². The minimum absolute atomic E-state index is 0.176. The number of hydrogen-bond donors (Lipinski definition) is 1. The van der Waals surface area contributed by atoms with Gasteiger partial charge in [-0.2, -0.15) is 4.98 Å². The van der Waals surface area contributed by atoms with Crippen LogP contribution in [0.2, 0.25) is 0 Å². The second-order valence-electron chi connectivity index (χ2n) is 4.41. The number of nitrogens with one attached hydrogen (secondary N) is 1. The Labute approximate surface area is 105 Å². The van der Waals surface area contributed by atoms with Crippen LogP contribution in [0.25, 0.3) is 11.5 Å². The molecule has 0 radical (unpaired) electrons. The Hall–Kier alpha value is -1.82. The third-order valence-electron chi connectivity index (χ3n) is 3.11. The maximum absolute atomic E-state index is 5.33. The summed E-state index contributed by atoms with van der Waals surface area (Å²) in [6.45, 7) is 1.01. The maximum Gasteiger partial charge on any atom is 0.244 e. The van der Waals surface area contributed by atoms with E-state index in [4.69, 9.17) is 4.52 Å². The molecule has 94 valence electrons. The van der Waals surface area contributed by atoms with Gasteiger partial charge in [-0.05, 0) is 25.5 Å². The molecule has 1 N–H and O–H groups in total. The summed E-state index contributed by atoms with van der Waals surface area (Å²) in [6.07, 6.45) is 7.87. The lowest BCUT2D eigenvalue weighted by molar-refractivity contribution is 0.327. The second kappa shape index (κ2) is 5.22. The van der Waals surface area contributed by atoms with E-state index in [1.165, 1.54) is 25.6 Å². The molecule has 6 nitrogen and oxygen atoms in total. The van der Waals surface area contributed by atoms with Gasteiger partial charge in [-0.3, -0.25) is 0 Å². The number of nitrogens with zero attached hydrogens (tertiary/aromatic N) is 4. The van der Waals surface area contributed by atoms with E-state index in [0.29, 0.717) is 17.4 Å². The predicted octanol–water partition coefficient (Wildman–Crippen LogP) is 1.73. The molecule has 3 heterocycles. The smallest absolute Gasteiger partial charge is 0.244 e. The van der Waals surface area contributed by atoms with Crippen LogP contribution in [0.3, 0.4) is 0 Å². The van der Waals surface area contributed by atoms with Crippen molar-refractivity contribution in [1.82, 2.24) is 25.4 Å². The number of aromatic nitrogens is 4. The van der Waals surface area contributed by atoms with Gasteiger partial charge in [0, 0.05) is 6.20 Å². The van der Waals surface area contributed by atoms with Gasteiger partial charge in [-0.15, -0.1) is 0 Å². The summed E-state index contributed by atoms with van der Waals surface area (Å²) >= 11 is 0. The molecule has 1 fully saturated rings. The summed E-state index contributed by atoms with van der Waals surface area (Å²) < 4.78 is 5.33. The molecule has 0 spiro atoms. The normalized spacial score (nSPS) is 20.6. The molecule has 6 heteroatoms. The molecule has 2 aromatic heterocycles. The van der Waals surface area contributed by atoms with Crippen LogP contribution < -0.4 is 5.32 Å². The first-order valence-corrected chi connectivity index (χ1v) is 6.27. The standard InChI is InChI=1S/C12H15N5O/c1-2-4-10(14-6-3-1)12-16-11(17-18-12)9-5-7-13-8-15-9/h5,7-8,10,14H,1-4,6H2. The van der Waals surface area contributed by atoms with Gasteiger partial charge in [0.05, 0.1) is 6.04 Å². The van der Waals surface area contributed by atoms with Crippen molar-refractivity contribution in [3.05, 3.63) is 24.5 Å². The third-order valence-corrected chi connectivity index (χ3v) is 3.11. The molecule has 0 saturated carbocycles. The molecule has 0 bridgehead atoms. The van der Waals surface area contributed by atoms with E-state index < -0.39 is 0 Å². The summed E-state index contributed by atoms with van der Waals surface area (Å²) in [5, 5.41) is 7.41. The van der Waals surface area contributed by atoms with Crippen LogP contribution >= 0.6 is 0 Å². The van der Waals surface area contributed by atoms with Crippen LogP contribution in [0.5, 0.6) is 0 Å². The van der Waals surface area contributed by atoms with Gasteiger partial charge in [0.2, 0.25) is 11.7 Å². The minimum Gasteiger partial charge on any atom is -0.337 e. The molecule has 1 atom stereocenters. The van der Waals surface area contributed by atoms with Crippen molar-refractivity contribution < 1.29 is 4.52 Å². The first-order valence-electron chi connectivity index (χ1n) is 6.27. The van der Waals surface area contributed by atoms with Crippen molar-refractivity contribution in [3.63, 3.8) is 0 Å². The Balaban J connectivity index is 1.80. The highest BCUT2D eigenvalue weighted by Crippen LogP contribution is 2.23. The van der Waals surface area contributed by atoms with Gasteiger partial charge >= 0.3 is 0 Å². The lowest BCUT2D eigenvalue weighted by Gasteiger charge is -2.09. The first kappa shape index (κ1) is 11.3. The molecule has 18 heavy (non-hydrogen) atoms. The summed E-state index contributed by atoms with van der Waals surface area (Å²) in [5.74, 6) is 1.18. The Bertz CT molecular complexity index is 490. The molecule has 1 aliphatic heterocycles. The fourth-order valence-electron chi connectivity index (χ4n) is 2.14. The Morgan fingerprint density at radius 1 is 1.28 bits per heavy atom. The van der Waals surface area contributed by atoms with E-state index in [0.717, 1.165) is 13.0 Å². The molecular weight excluding hydrogens is 230 g/mol. The van der Waals surface area contributed by atoms with Crippen molar-refractivity contribution in [2.45, 2.75) is 31.7 Å². The van der Waals surface area contributed by atoms with Crippen molar-refractivity contribution >= 4 is 0 Å².